The number of anilines is 3. The molecular formula is C15H20N4O. The first-order valence-corrected chi connectivity index (χ1v) is 6.76. The summed E-state index contributed by atoms with van der Waals surface area (Å²) in [4.78, 5) is 8.41. The summed E-state index contributed by atoms with van der Waals surface area (Å²) in [6.07, 6.45) is 1.54. The van der Waals surface area contributed by atoms with E-state index in [-0.39, 0.29) is 0 Å². The minimum Gasteiger partial charge on any atom is -0.492 e. The van der Waals surface area contributed by atoms with E-state index >= 15 is 0 Å². The van der Waals surface area contributed by atoms with Crippen molar-refractivity contribution in [2.45, 2.75) is 26.8 Å². The quantitative estimate of drug-likeness (QED) is 0.843. The molecule has 2 rings (SSSR count). The fourth-order valence-corrected chi connectivity index (χ4v) is 1.79. The molecule has 0 saturated carbocycles. The predicted octanol–water partition coefficient (Wildman–Crippen LogP) is 3.44. The molecule has 0 aliphatic heterocycles. The highest BCUT2D eigenvalue weighted by molar-refractivity contribution is 5.65. The fraction of sp³-hybridized carbons (Fsp3) is 0.333. The van der Waals surface area contributed by atoms with Crippen LogP contribution in [0.15, 0.2) is 36.7 Å². The molecule has 0 spiro atoms. The van der Waals surface area contributed by atoms with Crippen molar-refractivity contribution in [2.75, 3.05) is 17.2 Å². The van der Waals surface area contributed by atoms with Crippen LogP contribution in [0.2, 0.25) is 0 Å². The summed E-state index contributed by atoms with van der Waals surface area (Å²) in [7, 11) is 0. The van der Waals surface area contributed by atoms with Crippen molar-refractivity contribution in [2.24, 2.45) is 0 Å². The molecule has 0 aliphatic carbocycles. The van der Waals surface area contributed by atoms with Gasteiger partial charge in [0.15, 0.2) is 0 Å². The second kappa shape index (κ2) is 6.75. The first kappa shape index (κ1) is 14.1. The standard InChI is InChI=1S/C15H20N4O/c1-4-20-13-8-6-5-7-12(13)19-15-9-14(16-10-17-15)18-11(2)3/h5-11H,4H2,1-3H3,(H2,16,17,18,19). The molecule has 1 aromatic carbocycles. The van der Waals surface area contributed by atoms with Crippen molar-refractivity contribution in [3.63, 3.8) is 0 Å². The lowest BCUT2D eigenvalue weighted by molar-refractivity contribution is 0.342. The monoisotopic (exact) mass is 272 g/mol. The Labute approximate surface area is 119 Å². The SMILES string of the molecule is CCOc1ccccc1Nc1cc(NC(C)C)ncn1. The molecule has 5 nitrogen and oxygen atoms in total. The highest BCUT2D eigenvalue weighted by Crippen LogP contribution is 2.27. The van der Waals surface area contributed by atoms with E-state index in [2.05, 4.69) is 34.4 Å². The van der Waals surface area contributed by atoms with Gasteiger partial charge in [0, 0.05) is 12.1 Å². The Morgan fingerprint density at radius 3 is 2.65 bits per heavy atom. The largest absolute Gasteiger partial charge is 0.492 e. The van der Waals surface area contributed by atoms with Gasteiger partial charge in [-0.1, -0.05) is 12.1 Å². The number of ether oxygens (including phenoxy) is 1. The molecule has 106 valence electrons. The van der Waals surface area contributed by atoms with Crippen LogP contribution in [-0.4, -0.2) is 22.6 Å². The summed E-state index contributed by atoms with van der Waals surface area (Å²) < 4.78 is 5.58. The summed E-state index contributed by atoms with van der Waals surface area (Å²) in [6, 6.07) is 10.0. The van der Waals surface area contributed by atoms with Crippen LogP contribution in [0.25, 0.3) is 0 Å². The molecule has 0 bridgehead atoms. The van der Waals surface area contributed by atoms with E-state index in [4.69, 9.17) is 4.74 Å². The van der Waals surface area contributed by atoms with Gasteiger partial charge in [-0.15, -0.1) is 0 Å². The molecule has 1 aromatic heterocycles. The maximum absolute atomic E-state index is 5.58. The van der Waals surface area contributed by atoms with Gasteiger partial charge >= 0.3 is 0 Å². The Morgan fingerprint density at radius 1 is 1.15 bits per heavy atom. The topological polar surface area (TPSA) is 59.1 Å². The number of hydrogen-bond donors (Lipinski definition) is 2. The zero-order chi connectivity index (χ0) is 14.4. The fourth-order valence-electron chi connectivity index (χ4n) is 1.79. The van der Waals surface area contributed by atoms with Crippen molar-refractivity contribution >= 4 is 17.3 Å². The van der Waals surface area contributed by atoms with Gasteiger partial charge < -0.3 is 15.4 Å². The van der Waals surface area contributed by atoms with Crippen molar-refractivity contribution in [1.82, 2.24) is 9.97 Å². The number of hydrogen-bond acceptors (Lipinski definition) is 5. The minimum absolute atomic E-state index is 0.327. The second-order valence-corrected chi connectivity index (χ2v) is 4.64. The van der Waals surface area contributed by atoms with Crippen molar-refractivity contribution in [3.05, 3.63) is 36.7 Å². The predicted molar refractivity (Wildman–Crippen MR) is 81.7 cm³/mol. The normalized spacial score (nSPS) is 10.4. The van der Waals surface area contributed by atoms with Crippen LogP contribution < -0.4 is 15.4 Å². The van der Waals surface area contributed by atoms with Gasteiger partial charge in [0.05, 0.1) is 12.3 Å². The van der Waals surface area contributed by atoms with Gasteiger partial charge in [-0.05, 0) is 32.9 Å². The molecule has 0 amide bonds. The van der Waals surface area contributed by atoms with Crippen molar-refractivity contribution < 1.29 is 4.74 Å². The Morgan fingerprint density at radius 2 is 1.90 bits per heavy atom. The molecular weight excluding hydrogens is 252 g/mol. The average molecular weight is 272 g/mol. The summed E-state index contributed by atoms with van der Waals surface area (Å²) in [5.74, 6) is 2.34. The third-order valence-electron chi connectivity index (χ3n) is 2.55. The van der Waals surface area contributed by atoms with Crippen LogP contribution in [0, 0.1) is 0 Å². The highest BCUT2D eigenvalue weighted by atomic mass is 16.5. The van der Waals surface area contributed by atoms with Crippen LogP contribution in [0.5, 0.6) is 5.75 Å². The molecule has 5 heteroatoms. The molecule has 0 unspecified atom stereocenters. The Kier molecular flexibility index (Phi) is 4.76. The number of nitrogens with zero attached hydrogens (tertiary/aromatic N) is 2. The number of rotatable bonds is 6. The summed E-state index contributed by atoms with van der Waals surface area (Å²) in [5, 5.41) is 6.50. The lowest BCUT2D eigenvalue weighted by Crippen LogP contribution is -2.11. The summed E-state index contributed by atoms with van der Waals surface area (Å²) in [5.41, 5.74) is 0.892. The van der Waals surface area contributed by atoms with Crippen LogP contribution in [0.3, 0.4) is 0 Å². The minimum atomic E-state index is 0.327. The molecule has 0 radical (unpaired) electrons. The molecule has 0 aliphatic rings. The van der Waals surface area contributed by atoms with Gasteiger partial charge in [0.2, 0.25) is 0 Å². The van der Waals surface area contributed by atoms with E-state index in [0.717, 1.165) is 23.1 Å². The van der Waals surface area contributed by atoms with E-state index in [9.17, 15) is 0 Å². The highest BCUT2D eigenvalue weighted by Gasteiger charge is 2.05. The zero-order valence-corrected chi connectivity index (χ0v) is 12.1. The maximum atomic E-state index is 5.58. The van der Waals surface area contributed by atoms with E-state index < -0.39 is 0 Å². The lowest BCUT2D eigenvalue weighted by atomic mass is 10.3. The number of nitrogens with one attached hydrogen (secondary N) is 2. The molecule has 2 aromatic rings. The molecule has 1 heterocycles. The second-order valence-electron chi connectivity index (χ2n) is 4.64. The Bertz CT molecular complexity index is 557. The Balaban J connectivity index is 2.17. The van der Waals surface area contributed by atoms with Crippen molar-refractivity contribution in [3.8, 4) is 5.75 Å². The summed E-state index contributed by atoms with van der Waals surface area (Å²) >= 11 is 0. The zero-order valence-electron chi connectivity index (χ0n) is 12.1. The maximum Gasteiger partial charge on any atom is 0.142 e. The molecule has 0 atom stereocenters. The van der Waals surface area contributed by atoms with E-state index in [1.54, 1.807) is 0 Å². The smallest absolute Gasteiger partial charge is 0.142 e. The molecule has 0 fully saturated rings. The van der Waals surface area contributed by atoms with Crippen LogP contribution >= 0.6 is 0 Å². The first-order valence-electron chi connectivity index (χ1n) is 6.76. The van der Waals surface area contributed by atoms with Gasteiger partial charge in [0.25, 0.3) is 0 Å². The number of aromatic nitrogens is 2. The molecule has 20 heavy (non-hydrogen) atoms. The number of benzene rings is 1. The average Bonchev–Trinajstić information content (AvgIpc) is 2.41. The number of para-hydroxylation sites is 2. The van der Waals surface area contributed by atoms with E-state index in [1.807, 2.05) is 37.3 Å². The third kappa shape index (κ3) is 3.85. The van der Waals surface area contributed by atoms with Gasteiger partial charge in [-0.2, -0.15) is 0 Å². The van der Waals surface area contributed by atoms with E-state index in [1.165, 1.54) is 6.33 Å². The molecule has 0 saturated heterocycles. The van der Waals surface area contributed by atoms with Gasteiger partial charge in [-0.25, -0.2) is 9.97 Å². The van der Waals surface area contributed by atoms with Gasteiger partial charge in [-0.3, -0.25) is 0 Å². The lowest BCUT2D eigenvalue weighted by Gasteiger charge is -2.13. The van der Waals surface area contributed by atoms with Gasteiger partial charge in [0.1, 0.15) is 23.7 Å². The third-order valence-corrected chi connectivity index (χ3v) is 2.55. The summed E-state index contributed by atoms with van der Waals surface area (Å²) in [6.45, 7) is 6.73. The Hall–Kier alpha value is -2.30. The van der Waals surface area contributed by atoms with Crippen LogP contribution in [-0.2, 0) is 0 Å². The first-order chi connectivity index (χ1) is 9.69. The van der Waals surface area contributed by atoms with Crippen LogP contribution in [0.1, 0.15) is 20.8 Å². The van der Waals surface area contributed by atoms with E-state index in [0.29, 0.717) is 12.6 Å². The molecule has 2 N–H and O–H groups in total. The van der Waals surface area contributed by atoms with Crippen molar-refractivity contribution in [1.29, 1.82) is 0 Å². The van der Waals surface area contributed by atoms with Crippen LogP contribution in [0.4, 0.5) is 17.3 Å².